The summed E-state index contributed by atoms with van der Waals surface area (Å²) in [4.78, 5) is 26.2. The molecule has 0 spiro atoms. The van der Waals surface area contributed by atoms with Crippen LogP contribution in [0.15, 0.2) is 71.8 Å². The normalized spacial score (nSPS) is 13.9. The number of nitrogens with zero attached hydrogens (tertiary/aromatic N) is 2. The maximum absolute atomic E-state index is 12.3. The number of rotatable bonds is 7. The number of nitrogens with one attached hydrogen (secondary N) is 1. The Morgan fingerprint density at radius 2 is 1.75 bits per heavy atom. The molecule has 164 valence electrons. The molecule has 1 N–H and O–H groups in total. The minimum Gasteiger partial charge on any atom is -0.484 e. The van der Waals surface area contributed by atoms with Crippen molar-refractivity contribution in [3.8, 4) is 5.75 Å². The Labute approximate surface area is 186 Å². The third kappa shape index (κ3) is 5.70. The van der Waals surface area contributed by atoms with Crippen molar-refractivity contribution in [2.24, 2.45) is 5.10 Å². The highest BCUT2D eigenvalue weighted by atomic mass is 16.5. The number of morpholine rings is 1. The SMILES string of the molecule is O=C(Cc1cccc2ccccc12)N/N=C\c1ccc(OCC(=O)N2CCOCC2)cc1. The fourth-order valence-corrected chi connectivity index (χ4v) is 3.54. The molecule has 1 heterocycles. The Kier molecular flexibility index (Phi) is 7.09. The third-order valence-corrected chi connectivity index (χ3v) is 5.24. The van der Waals surface area contributed by atoms with Crippen molar-refractivity contribution in [3.63, 3.8) is 0 Å². The van der Waals surface area contributed by atoms with Crippen LogP contribution in [0.4, 0.5) is 0 Å². The molecule has 0 aromatic heterocycles. The minimum absolute atomic E-state index is 0.00232. The maximum atomic E-state index is 12.3. The second-order valence-electron chi connectivity index (χ2n) is 7.46. The van der Waals surface area contributed by atoms with Gasteiger partial charge in [-0.25, -0.2) is 5.43 Å². The van der Waals surface area contributed by atoms with Crippen molar-refractivity contribution < 1.29 is 19.1 Å². The fourth-order valence-electron chi connectivity index (χ4n) is 3.54. The molecule has 32 heavy (non-hydrogen) atoms. The van der Waals surface area contributed by atoms with Crippen LogP contribution in [-0.4, -0.2) is 55.8 Å². The highest BCUT2D eigenvalue weighted by Crippen LogP contribution is 2.18. The average molecular weight is 431 g/mol. The van der Waals surface area contributed by atoms with Gasteiger partial charge in [-0.2, -0.15) is 5.10 Å². The number of hydrogen-bond acceptors (Lipinski definition) is 5. The number of amides is 2. The summed E-state index contributed by atoms with van der Waals surface area (Å²) < 4.78 is 10.8. The Bertz CT molecular complexity index is 1100. The standard InChI is InChI=1S/C25H25N3O4/c29-24(16-21-6-3-5-20-4-1-2-7-23(20)21)27-26-17-19-8-10-22(11-9-19)32-18-25(30)28-12-14-31-15-13-28/h1-11,17H,12-16,18H2,(H,27,29)/b26-17-. The molecule has 0 aliphatic carbocycles. The molecule has 1 saturated heterocycles. The summed E-state index contributed by atoms with van der Waals surface area (Å²) in [5.41, 5.74) is 4.34. The van der Waals surface area contributed by atoms with Gasteiger partial charge < -0.3 is 14.4 Å². The first-order valence-electron chi connectivity index (χ1n) is 10.6. The molecule has 4 rings (SSSR count). The molecular formula is C25H25N3O4. The van der Waals surface area contributed by atoms with Crippen LogP contribution in [0.1, 0.15) is 11.1 Å². The van der Waals surface area contributed by atoms with Gasteiger partial charge in [-0.15, -0.1) is 0 Å². The predicted molar refractivity (Wildman–Crippen MR) is 123 cm³/mol. The third-order valence-electron chi connectivity index (χ3n) is 5.24. The van der Waals surface area contributed by atoms with Crippen LogP contribution in [-0.2, 0) is 20.7 Å². The Balaban J connectivity index is 1.25. The van der Waals surface area contributed by atoms with Gasteiger partial charge in [0.15, 0.2) is 6.61 Å². The molecule has 0 atom stereocenters. The molecule has 0 radical (unpaired) electrons. The van der Waals surface area contributed by atoms with E-state index in [9.17, 15) is 9.59 Å². The zero-order chi connectivity index (χ0) is 22.2. The number of carbonyl (C=O) groups is 2. The summed E-state index contributed by atoms with van der Waals surface area (Å²) in [6.45, 7) is 2.34. The van der Waals surface area contributed by atoms with Crippen LogP contribution in [0.25, 0.3) is 10.8 Å². The van der Waals surface area contributed by atoms with Gasteiger partial charge in [0, 0.05) is 13.1 Å². The predicted octanol–water partition coefficient (Wildman–Crippen LogP) is 2.77. The number of fused-ring (bicyclic) bond motifs is 1. The van der Waals surface area contributed by atoms with E-state index in [1.54, 1.807) is 23.2 Å². The number of hydrogen-bond donors (Lipinski definition) is 1. The van der Waals surface area contributed by atoms with E-state index in [-0.39, 0.29) is 24.8 Å². The van der Waals surface area contributed by atoms with Gasteiger partial charge in [0.25, 0.3) is 5.91 Å². The summed E-state index contributed by atoms with van der Waals surface area (Å²) in [5.74, 6) is 0.371. The largest absolute Gasteiger partial charge is 0.484 e. The van der Waals surface area contributed by atoms with Crippen molar-refractivity contribution in [2.75, 3.05) is 32.9 Å². The van der Waals surface area contributed by atoms with Crippen molar-refractivity contribution in [3.05, 3.63) is 77.9 Å². The zero-order valence-corrected chi connectivity index (χ0v) is 17.7. The summed E-state index contributed by atoms with van der Waals surface area (Å²) >= 11 is 0. The first-order chi connectivity index (χ1) is 15.7. The molecule has 0 saturated carbocycles. The van der Waals surface area contributed by atoms with E-state index in [1.807, 2.05) is 54.6 Å². The van der Waals surface area contributed by atoms with Gasteiger partial charge in [-0.1, -0.05) is 42.5 Å². The molecule has 2 amide bonds. The monoisotopic (exact) mass is 431 g/mol. The Hall–Kier alpha value is -3.71. The summed E-state index contributed by atoms with van der Waals surface area (Å²) in [5, 5.41) is 6.22. The Morgan fingerprint density at radius 1 is 1.00 bits per heavy atom. The second-order valence-corrected chi connectivity index (χ2v) is 7.46. The van der Waals surface area contributed by atoms with Crippen molar-refractivity contribution in [2.45, 2.75) is 6.42 Å². The smallest absolute Gasteiger partial charge is 0.260 e. The minimum atomic E-state index is -0.181. The molecule has 1 fully saturated rings. The number of benzene rings is 3. The molecule has 7 nitrogen and oxygen atoms in total. The van der Waals surface area contributed by atoms with Gasteiger partial charge in [0.1, 0.15) is 5.75 Å². The van der Waals surface area contributed by atoms with E-state index >= 15 is 0 Å². The van der Waals surface area contributed by atoms with E-state index in [0.29, 0.717) is 32.1 Å². The molecule has 1 aliphatic heterocycles. The lowest BCUT2D eigenvalue weighted by Gasteiger charge is -2.26. The molecular weight excluding hydrogens is 406 g/mol. The highest BCUT2D eigenvalue weighted by Gasteiger charge is 2.17. The number of ether oxygens (including phenoxy) is 2. The quantitative estimate of drug-likeness (QED) is 0.461. The Morgan fingerprint density at radius 3 is 2.56 bits per heavy atom. The van der Waals surface area contributed by atoms with Crippen LogP contribution in [0.5, 0.6) is 5.75 Å². The maximum Gasteiger partial charge on any atom is 0.260 e. The average Bonchev–Trinajstić information content (AvgIpc) is 2.84. The lowest BCUT2D eigenvalue weighted by Crippen LogP contribution is -2.42. The van der Waals surface area contributed by atoms with E-state index in [2.05, 4.69) is 10.5 Å². The van der Waals surface area contributed by atoms with Gasteiger partial charge in [-0.05, 0) is 46.2 Å². The molecule has 3 aromatic carbocycles. The lowest BCUT2D eigenvalue weighted by atomic mass is 10.0. The second kappa shape index (κ2) is 10.5. The van der Waals surface area contributed by atoms with E-state index in [0.717, 1.165) is 21.9 Å². The van der Waals surface area contributed by atoms with Crippen LogP contribution in [0, 0.1) is 0 Å². The topological polar surface area (TPSA) is 80.2 Å². The van der Waals surface area contributed by atoms with Crippen LogP contribution < -0.4 is 10.2 Å². The van der Waals surface area contributed by atoms with Gasteiger partial charge in [-0.3, -0.25) is 9.59 Å². The van der Waals surface area contributed by atoms with Crippen LogP contribution in [0.3, 0.4) is 0 Å². The summed E-state index contributed by atoms with van der Waals surface area (Å²) in [6.07, 6.45) is 1.83. The van der Waals surface area contributed by atoms with E-state index < -0.39 is 0 Å². The molecule has 3 aromatic rings. The number of carbonyl (C=O) groups excluding carboxylic acids is 2. The highest BCUT2D eigenvalue weighted by molar-refractivity contribution is 5.90. The first-order valence-corrected chi connectivity index (χ1v) is 10.6. The fraction of sp³-hybridized carbons (Fsp3) is 0.240. The van der Waals surface area contributed by atoms with Crippen LogP contribution >= 0.6 is 0 Å². The summed E-state index contributed by atoms with van der Waals surface area (Å²) in [6, 6.07) is 21.1. The lowest BCUT2D eigenvalue weighted by molar-refractivity contribution is -0.137. The van der Waals surface area contributed by atoms with Gasteiger partial charge in [0.05, 0.1) is 25.8 Å². The molecule has 0 unspecified atom stereocenters. The number of hydrazone groups is 1. The molecule has 7 heteroatoms. The van der Waals surface area contributed by atoms with Crippen molar-refractivity contribution >= 4 is 28.8 Å². The first kappa shape index (κ1) is 21.5. The van der Waals surface area contributed by atoms with E-state index in [4.69, 9.17) is 9.47 Å². The van der Waals surface area contributed by atoms with Crippen molar-refractivity contribution in [1.82, 2.24) is 10.3 Å². The van der Waals surface area contributed by atoms with Crippen LogP contribution in [0.2, 0.25) is 0 Å². The van der Waals surface area contributed by atoms with E-state index in [1.165, 1.54) is 0 Å². The molecule has 0 bridgehead atoms. The summed E-state index contributed by atoms with van der Waals surface area (Å²) in [7, 11) is 0. The molecule has 1 aliphatic rings. The van der Waals surface area contributed by atoms with Gasteiger partial charge in [0.2, 0.25) is 5.91 Å². The zero-order valence-electron chi connectivity index (χ0n) is 17.7. The van der Waals surface area contributed by atoms with Gasteiger partial charge >= 0.3 is 0 Å². The van der Waals surface area contributed by atoms with Crippen molar-refractivity contribution in [1.29, 1.82) is 0 Å².